The number of benzene rings is 1. The Bertz CT molecular complexity index is 1280. The van der Waals surface area contributed by atoms with E-state index in [2.05, 4.69) is 15.6 Å². The first kappa shape index (κ1) is 26.2. The normalized spacial score (nSPS) is 24.2. The number of ether oxygens (including phenoxy) is 1. The van der Waals surface area contributed by atoms with Crippen LogP contribution in [0.3, 0.4) is 0 Å². The van der Waals surface area contributed by atoms with Gasteiger partial charge in [0.1, 0.15) is 11.7 Å². The molecular formula is C24H27Cl3FN7O2. The molecule has 13 heteroatoms. The minimum absolute atomic E-state index is 0.0428. The topological polar surface area (TPSA) is 120 Å². The molecule has 2 aliphatic rings. The van der Waals surface area contributed by atoms with Crippen molar-refractivity contribution in [1.29, 1.82) is 0 Å². The van der Waals surface area contributed by atoms with Gasteiger partial charge in [0, 0.05) is 24.1 Å². The van der Waals surface area contributed by atoms with Gasteiger partial charge in [0.2, 0.25) is 17.8 Å². The fraction of sp³-hybridized carbons (Fsp3) is 0.500. The number of alkyl halides is 1. The Balaban J connectivity index is 1.50. The lowest BCUT2D eigenvalue weighted by Gasteiger charge is -2.30. The summed E-state index contributed by atoms with van der Waals surface area (Å²) < 4.78 is 21.6. The second-order valence-electron chi connectivity index (χ2n) is 9.55. The lowest BCUT2D eigenvalue weighted by Crippen LogP contribution is -2.39. The first-order chi connectivity index (χ1) is 17.8. The number of nitrogens with zero attached hydrogens (tertiary/aromatic N) is 4. The number of nitrogens with two attached hydrogens (primary N) is 1. The molecule has 0 spiro atoms. The van der Waals surface area contributed by atoms with Gasteiger partial charge in [-0.15, -0.1) is 0 Å². The predicted octanol–water partition coefficient (Wildman–Crippen LogP) is 5.68. The number of halogens is 4. The number of hydrogen-bond acceptors (Lipinski definition) is 7. The summed E-state index contributed by atoms with van der Waals surface area (Å²) in [6, 6.07) is 2.81. The van der Waals surface area contributed by atoms with Crippen LogP contribution in [-0.2, 0) is 9.53 Å². The molecule has 4 N–H and O–H groups in total. The van der Waals surface area contributed by atoms with Crippen LogP contribution in [0.25, 0.3) is 11.2 Å². The fourth-order valence-electron chi connectivity index (χ4n) is 5.09. The van der Waals surface area contributed by atoms with Crippen LogP contribution in [-0.4, -0.2) is 50.9 Å². The van der Waals surface area contributed by atoms with Crippen molar-refractivity contribution in [2.24, 2.45) is 11.7 Å². The quantitative estimate of drug-likeness (QED) is 0.334. The summed E-state index contributed by atoms with van der Waals surface area (Å²) in [5.41, 5.74) is 7.06. The summed E-state index contributed by atoms with van der Waals surface area (Å²) in [6.45, 7) is 0.520. The van der Waals surface area contributed by atoms with E-state index in [1.165, 1.54) is 0 Å². The molecule has 3 heterocycles. The monoisotopic (exact) mass is 569 g/mol. The number of hydrogen-bond donors (Lipinski definition) is 3. The molecular weight excluding hydrogens is 544 g/mol. The number of rotatable bonds is 7. The number of nitrogens with one attached hydrogen (secondary N) is 2. The number of carbonyl (C=O) groups excluding carboxylic acids is 1. The van der Waals surface area contributed by atoms with E-state index in [1.807, 2.05) is 4.57 Å². The average Bonchev–Trinajstić information content (AvgIpc) is 3.20. The molecule has 2 aromatic heterocycles. The van der Waals surface area contributed by atoms with E-state index in [-0.39, 0.29) is 24.5 Å². The lowest BCUT2D eigenvalue weighted by atomic mass is 9.84. The number of amides is 1. The van der Waals surface area contributed by atoms with Crippen LogP contribution in [0.1, 0.15) is 44.6 Å². The minimum atomic E-state index is -1.15. The smallest absolute Gasteiger partial charge is 0.225 e. The van der Waals surface area contributed by atoms with Gasteiger partial charge in [0.15, 0.2) is 5.65 Å². The molecule has 198 valence electrons. The first-order valence-electron chi connectivity index (χ1n) is 12.2. The molecule has 1 aliphatic heterocycles. The van der Waals surface area contributed by atoms with Gasteiger partial charge in [-0.25, -0.2) is 14.4 Å². The number of primary amides is 1. The summed E-state index contributed by atoms with van der Waals surface area (Å²) in [7, 11) is 0. The van der Waals surface area contributed by atoms with E-state index in [0.29, 0.717) is 63.3 Å². The van der Waals surface area contributed by atoms with Crippen molar-refractivity contribution in [3.05, 3.63) is 33.4 Å². The highest BCUT2D eigenvalue weighted by Crippen LogP contribution is 2.40. The molecule has 0 radical (unpaired) electrons. The number of anilines is 3. The van der Waals surface area contributed by atoms with Gasteiger partial charge in [0.05, 0.1) is 34.6 Å². The number of carbonyl (C=O) groups is 1. The number of imidazole rings is 1. The summed E-state index contributed by atoms with van der Waals surface area (Å²) in [5.74, 6) is 0.788. The molecule has 9 nitrogen and oxygen atoms in total. The Labute approximate surface area is 228 Å². The van der Waals surface area contributed by atoms with Crippen molar-refractivity contribution in [2.45, 2.75) is 56.8 Å². The van der Waals surface area contributed by atoms with Gasteiger partial charge in [-0.3, -0.25) is 9.36 Å². The van der Waals surface area contributed by atoms with Crippen molar-refractivity contribution in [3.8, 4) is 0 Å². The van der Waals surface area contributed by atoms with Crippen molar-refractivity contribution >= 4 is 69.5 Å². The minimum Gasteiger partial charge on any atom is -0.378 e. The van der Waals surface area contributed by atoms with Gasteiger partial charge >= 0.3 is 0 Å². The predicted molar refractivity (Wildman–Crippen MR) is 143 cm³/mol. The average molecular weight is 571 g/mol. The lowest BCUT2D eigenvalue weighted by molar-refractivity contribution is -0.119. The molecule has 1 saturated heterocycles. The maximum absolute atomic E-state index is 14.4. The van der Waals surface area contributed by atoms with Crippen molar-refractivity contribution in [1.82, 2.24) is 19.5 Å². The van der Waals surface area contributed by atoms with Gasteiger partial charge in [-0.1, -0.05) is 34.8 Å². The van der Waals surface area contributed by atoms with Crippen molar-refractivity contribution in [3.63, 3.8) is 0 Å². The van der Waals surface area contributed by atoms with Crippen LogP contribution in [0.2, 0.25) is 15.1 Å². The molecule has 2 atom stereocenters. The van der Waals surface area contributed by atoms with Crippen LogP contribution < -0.4 is 16.4 Å². The molecule has 37 heavy (non-hydrogen) atoms. The molecule has 1 amide bonds. The van der Waals surface area contributed by atoms with E-state index < -0.39 is 12.2 Å². The highest BCUT2D eigenvalue weighted by Gasteiger charge is 2.29. The molecule has 0 bridgehead atoms. The van der Waals surface area contributed by atoms with Crippen LogP contribution in [0.4, 0.5) is 22.0 Å². The molecule has 0 unspecified atom stereocenters. The zero-order valence-electron chi connectivity index (χ0n) is 19.9. The summed E-state index contributed by atoms with van der Waals surface area (Å²) in [5, 5.41) is 7.50. The van der Waals surface area contributed by atoms with Crippen molar-refractivity contribution < 1.29 is 13.9 Å². The van der Waals surface area contributed by atoms with E-state index in [4.69, 9.17) is 55.2 Å². The molecule has 3 aromatic rings. The fourth-order valence-corrected chi connectivity index (χ4v) is 6.00. The zero-order chi connectivity index (χ0) is 26.1. The molecule has 1 aliphatic carbocycles. The summed E-state index contributed by atoms with van der Waals surface area (Å²) in [4.78, 5) is 25.3. The maximum Gasteiger partial charge on any atom is 0.225 e. The third-order valence-corrected chi connectivity index (χ3v) is 7.76. The van der Waals surface area contributed by atoms with Crippen LogP contribution in [0, 0.1) is 5.92 Å². The Morgan fingerprint density at radius 2 is 1.86 bits per heavy atom. The van der Waals surface area contributed by atoms with Gasteiger partial charge in [-0.2, -0.15) is 4.98 Å². The Morgan fingerprint density at radius 1 is 1.14 bits per heavy atom. The summed E-state index contributed by atoms with van der Waals surface area (Å²) in [6.07, 6.45) is 4.66. The van der Waals surface area contributed by atoms with E-state index in [0.717, 1.165) is 25.7 Å². The second kappa shape index (κ2) is 11.1. The summed E-state index contributed by atoms with van der Waals surface area (Å²) >= 11 is 19.0. The number of aromatic nitrogens is 4. The maximum atomic E-state index is 14.4. The van der Waals surface area contributed by atoms with E-state index in [9.17, 15) is 9.18 Å². The Hall–Kier alpha value is -2.40. The number of fused-ring (bicyclic) bond motifs is 1. The third kappa shape index (κ3) is 5.87. The Kier molecular flexibility index (Phi) is 7.90. The molecule has 5 rings (SSSR count). The zero-order valence-corrected chi connectivity index (χ0v) is 22.2. The first-order valence-corrected chi connectivity index (χ1v) is 13.3. The van der Waals surface area contributed by atoms with Crippen LogP contribution in [0.5, 0.6) is 0 Å². The van der Waals surface area contributed by atoms with Gasteiger partial charge in [-0.05, 0) is 50.2 Å². The second-order valence-corrected chi connectivity index (χ2v) is 10.8. The molecule has 1 saturated carbocycles. The molecule has 2 fully saturated rings. The highest BCUT2D eigenvalue weighted by molar-refractivity contribution is 6.41. The van der Waals surface area contributed by atoms with E-state index in [1.54, 1.807) is 18.3 Å². The third-order valence-electron chi connectivity index (χ3n) is 6.95. The van der Waals surface area contributed by atoms with Crippen LogP contribution in [0.15, 0.2) is 18.3 Å². The van der Waals surface area contributed by atoms with Gasteiger partial charge in [0.25, 0.3) is 0 Å². The van der Waals surface area contributed by atoms with Crippen LogP contribution >= 0.6 is 34.8 Å². The molecule has 1 aromatic carbocycles. The Morgan fingerprint density at radius 3 is 2.54 bits per heavy atom. The van der Waals surface area contributed by atoms with Gasteiger partial charge < -0.3 is 21.1 Å². The van der Waals surface area contributed by atoms with Crippen molar-refractivity contribution in [2.75, 3.05) is 23.8 Å². The standard InChI is InChI=1S/C24H27Cl3FN7O2/c25-13-8-15(26)21(16(27)9-13)33-24-32-19-10-30-23(31-18-5-6-37-11-17(18)28)34-22(19)35(24)14-3-1-12(2-4-14)7-20(29)36/h8-10,12,14,17-18H,1-7,11H2,(H2,29,36)(H,32,33)(H,30,31,34)/t12?,14?,17-,18+/m1/s1. The largest absolute Gasteiger partial charge is 0.378 e. The van der Waals surface area contributed by atoms with E-state index >= 15 is 0 Å². The SMILES string of the molecule is NC(=O)CC1CCC(n2c(Nc3c(Cl)cc(Cl)cc3Cl)nc3cnc(N[C@H]4CCOC[C@H]4F)nc32)CC1. The highest BCUT2D eigenvalue weighted by atomic mass is 35.5.